The summed E-state index contributed by atoms with van der Waals surface area (Å²) in [4.78, 5) is 13.0. The van der Waals surface area contributed by atoms with Gasteiger partial charge in [-0.25, -0.2) is 4.79 Å². The highest BCUT2D eigenvalue weighted by Gasteiger charge is 2.43. The molecule has 120 valence electrons. The van der Waals surface area contributed by atoms with E-state index in [9.17, 15) is 9.90 Å². The van der Waals surface area contributed by atoms with Gasteiger partial charge in [0, 0.05) is 34.2 Å². The number of aryl methyl sites for hydroxylation is 1. The SMILES string of the molecule is Cc1cc(Cl)c(CNC2CC3CCC(C2)N3C(=O)O)c(Br)c1. The molecule has 2 atom stereocenters. The Balaban J connectivity index is 1.64. The van der Waals surface area contributed by atoms with Crippen molar-refractivity contribution in [3.05, 3.63) is 32.8 Å². The van der Waals surface area contributed by atoms with E-state index in [1.807, 2.05) is 13.0 Å². The standard InChI is InChI=1S/C16H20BrClN2O2/c1-9-4-14(17)13(15(18)5-9)8-19-10-6-11-2-3-12(7-10)20(11)16(21)22/h4-5,10-12,19H,2-3,6-8H2,1H3,(H,21,22). The van der Waals surface area contributed by atoms with Crippen LogP contribution >= 0.6 is 27.5 Å². The van der Waals surface area contributed by atoms with Crippen molar-refractivity contribution in [3.63, 3.8) is 0 Å². The van der Waals surface area contributed by atoms with Crippen LogP contribution in [0.5, 0.6) is 0 Å². The van der Waals surface area contributed by atoms with Crippen molar-refractivity contribution in [2.75, 3.05) is 0 Å². The van der Waals surface area contributed by atoms with Crippen LogP contribution in [0.25, 0.3) is 0 Å². The maximum Gasteiger partial charge on any atom is 0.407 e. The molecule has 0 aromatic heterocycles. The van der Waals surface area contributed by atoms with Crippen LogP contribution in [-0.4, -0.2) is 34.2 Å². The molecule has 1 aromatic rings. The minimum atomic E-state index is -0.768. The van der Waals surface area contributed by atoms with Crippen LogP contribution in [0.15, 0.2) is 16.6 Å². The summed E-state index contributed by atoms with van der Waals surface area (Å²) in [6, 6.07) is 4.74. The second kappa shape index (κ2) is 6.38. The quantitative estimate of drug-likeness (QED) is 0.818. The highest BCUT2D eigenvalue weighted by atomic mass is 79.9. The lowest BCUT2D eigenvalue weighted by molar-refractivity contribution is 0.0919. The smallest absolute Gasteiger partial charge is 0.407 e. The van der Waals surface area contributed by atoms with Gasteiger partial charge in [-0.1, -0.05) is 27.5 Å². The number of halogens is 2. The minimum Gasteiger partial charge on any atom is -0.465 e. The Bertz CT molecular complexity index is 559. The Morgan fingerprint density at radius 3 is 2.59 bits per heavy atom. The average molecular weight is 388 g/mol. The van der Waals surface area contributed by atoms with Gasteiger partial charge in [-0.15, -0.1) is 0 Å². The molecule has 2 saturated heterocycles. The number of nitrogens with one attached hydrogen (secondary N) is 1. The molecule has 2 aliphatic heterocycles. The molecule has 2 aliphatic rings. The van der Waals surface area contributed by atoms with E-state index in [0.29, 0.717) is 12.6 Å². The van der Waals surface area contributed by atoms with E-state index in [1.54, 1.807) is 4.90 Å². The molecule has 4 nitrogen and oxygen atoms in total. The number of hydrogen-bond acceptors (Lipinski definition) is 2. The highest BCUT2D eigenvalue weighted by Crippen LogP contribution is 2.36. The van der Waals surface area contributed by atoms with E-state index in [4.69, 9.17) is 11.6 Å². The largest absolute Gasteiger partial charge is 0.465 e. The van der Waals surface area contributed by atoms with Crippen LogP contribution in [0.3, 0.4) is 0 Å². The van der Waals surface area contributed by atoms with E-state index in [2.05, 4.69) is 27.3 Å². The zero-order chi connectivity index (χ0) is 15.9. The Kier molecular flexibility index (Phi) is 4.67. The van der Waals surface area contributed by atoms with E-state index in [0.717, 1.165) is 46.3 Å². The monoisotopic (exact) mass is 386 g/mol. The number of fused-ring (bicyclic) bond motifs is 2. The van der Waals surface area contributed by atoms with Gasteiger partial charge in [-0.3, -0.25) is 0 Å². The van der Waals surface area contributed by atoms with E-state index in [1.165, 1.54) is 0 Å². The van der Waals surface area contributed by atoms with E-state index in [-0.39, 0.29) is 12.1 Å². The fourth-order valence-electron chi connectivity index (χ4n) is 3.80. The van der Waals surface area contributed by atoms with Gasteiger partial charge in [-0.2, -0.15) is 0 Å². The van der Waals surface area contributed by atoms with E-state index >= 15 is 0 Å². The molecule has 2 unspecified atom stereocenters. The number of rotatable bonds is 3. The van der Waals surface area contributed by atoms with Crippen molar-refractivity contribution in [2.24, 2.45) is 0 Å². The molecule has 0 saturated carbocycles. The van der Waals surface area contributed by atoms with E-state index < -0.39 is 6.09 Å². The minimum absolute atomic E-state index is 0.172. The predicted octanol–water partition coefficient (Wildman–Crippen LogP) is 4.17. The first-order valence-electron chi connectivity index (χ1n) is 7.65. The summed E-state index contributed by atoms with van der Waals surface area (Å²) in [5, 5.41) is 13.6. The lowest BCUT2D eigenvalue weighted by atomic mass is 9.97. The number of carbonyl (C=O) groups is 1. The van der Waals surface area contributed by atoms with Gasteiger partial charge in [0.2, 0.25) is 0 Å². The summed E-state index contributed by atoms with van der Waals surface area (Å²) in [5.74, 6) is 0. The summed E-state index contributed by atoms with van der Waals surface area (Å²) in [7, 11) is 0. The first-order chi connectivity index (χ1) is 10.5. The molecule has 2 bridgehead atoms. The number of carboxylic acid groups (broad SMARTS) is 1. The summed E-state index contributed by atoms with van der Waals surface area (Å²) >= 11 is 9.91. The van der Waals surface area contributed by atoms with Crippen LogP contribution in [0, 0.1) is 6.92 Å². The van der Waals surface area contributed by atoms with Crippen LogP contribution in [-0.2, 0) is 6.54 Å². The second-order valence-corrected chi connectivity index (χ2v) is 7.59. The fourth-order valence-corrected chi connectivity index (χ4v) is 4.97. The van der Waals surface area contributed by atoms with Crippen molar-refractivity contribution >= 4 is 33.6 Å². The number of benzene rings is 1. The maximum absolute atomic E-state index is 11.3. The van der Waals surface area contributed by atoms with Gasteiger partial charge < -0.3 is 15.3 Å². The van der Waals surface area contributed by atoms with Gasteiger partial charge in [0.1, 0.15) is 0 Å². The predicted molar refractivity (Wildman–Crippen MR) is 90.4 cm³/mol. The molecule has 2 fully saturated rings. The second-order valence-electron chi connectivity index (χ2n) is 6.33. The number of hydrogen-bond donors (Lipinski definition) is 2. The summed E-state index contributed by atoms with van der Waals surface area (Å²) in [6.45, 7) is 2.73. The molecule has 0 spiro atoms. The van der Waals surface area contributed by atoms with Crippen molar-refractivity contribution in [1.82, 2.24) is 10.2 Å². The first-order valence-corrected chi connectivity index (χ1v) is 8.82. The summed E-state index contributed by atoms with van der Waals surface area (Å²) in [6.07, 6.45) is 3.00. The molecule has 6 heteroatoms. The van der Waals surface area contributed by atoms with Crippen LogP contribution < -0.4 is 5.32 Å². The zero-order valence-corrected chi connectivity index (χ0v) is 14.8. The molecule has 0 aliphatic carbocycles. The summed E-state index contributed by atoms with van der Waals surface area (Å²) < 4.78 is 1.02. The Morgan fingerprint density at radius 1 is 1.41 bits per heavy atom. The Morgan fingerprint density at radius 2 is 2.05 bits per heavy atom. The van der Waals surface area contributed by atoms with Gasteiger partial charge in [0.05, 0.1) is 0 Å². The molecule has 2 heterocycles. The number of piperidine rings is 1. The van der Waals surface area contributed by atoms with Gasteiger partial charge in [0.15, 0.2) is 0 Å². The first kappa shape index (κ1) is 16.1. The topological polar surface area (TPSA) is 52.6 Å². The molecule has 1 aromatic carbocycles. The maximum atomic E-state index is 11.3. The third-order valence-corrected chi connectivity index (χ3v) is 5.85. The Hall–Kier alpha value is -0.780. The van der Waals surface area contributed by atoms with Crippen molar-refractivity contribution in [1.29, 1.82) is 0 Å². The van der Waals surface area contributed by atoms with Crippen molar-refractivity contribution in [3.8, 4) is 0 Å². The van der Waals surface area contributed by atoms with Gasteiger partial charge >= 0.3 is 6.09 Å². The van der Waals surface area contributed by atoms with Crippen molar-refractivity contribution in [2.45, 2.75) is 57.3 Å². The molecule has 2 N–H and O–H groups in total. The fraction of sp³-hybridized carbons (Fsp3) is 0.562. The lowest BCUT2D eigenvalue weighted by Gasteiger charge is -2.37. The molecular weight excluding hydrogens is 368 g/mol. The summed E-state index contributed by atoms with van der Waals surface area (Å²) in [5.41, 5.74) is 2.20. The molecule has 3 rings (SSSR count). The lowest BCUT2D eigenvalue weighted by Crippen LogP contribution is -2.50. The van der Waals surface area contributed by atoms with Gasteiger partial charge in [0.25, 0.3) is 0 Å². The molecule has 1 amide bonds. The zero-order valence-electron chi connectivity index (χ0n) is 12.5. The normalized spacial score (nSPS) is 27.2. The highest BCUT2D eigenvalue weighted by molar-refractivity contribution is 9.10. The molecular formula is C16H20BrClN2O2. The van der Waals surface area contributed by atoms with Crippen LogP contribution in [0.4, 0.5) is 4.79 Å². The molecule has 0 radical (unpaired) electrons. The molecule has 22 heavy (non-hydrogen) atoms. The number of amides is 1. The number of nitrogens with zero attached hydrogens (tertiary/aromatic N) is 1. The van der Waals surface area contributed by atoms with Crippen molar-refractivity contribution < 1.29 is 9.90 Å². The van der Waals surface area contributed by atoms with Crippen LogP contribution in [0.2, 0.25) is 5.02 Å². The third-order valence-electron chi connectivity index (χ3n) is 4.81. The van der Waals surface area contributed by atoms with Crippen LogP contribution in [0.1, 0.15) is 36.8 Å². The third kappa shape index (κ3) is 3.12. The Labute approximate surface area is 144 Å². The van der Waals surface area contributed by atoms with Gasteiger partial charge in [-0.05, 0) is 55.9 Å². The average Bonchev–Trinajstić information content (AvgIpc) is 2.69.